The molecule has 0 radical (unpaired) electrons. The molecule has 2 N–H and O–H groups in total. The average Bonchev–Trinajstić information content (AvgIpc) is 2.75. The normalized spacial score (nSPS) is 44.2. The van der Waals surface area contributed by atoms with Gasteiger partial charge in [0.05, 0.1) is 17.1 Å². The zero-order valence-corrected chi connectivity index (χ0v) is 10.1. The number of β-amino-alcohol motifs (C(OH)–C–C–N with tert-alkyl or cyclic N) is 1. The lowest BCUT2D eigenvalue weighted by molar-refractivity contribution is -0.0707. The van der Waals surface area contributed by atoms with E-state index in [-0.39, 0.29) is 0 Å². The fourth-order valence-corrected chi connectivity index (χ4v) is 3.42. The van der Waals surface area contributed by atoms with Crippen molar-refractivity contribution in [1.29, 1.82) is 5.26 Å². The molecule has 0 aromatic heterocycles. The lowest BCUT2D eigenvalue weighted by atomic mass is 9.67. The van der Waals surface area contributed by atoms with E-state index in [1.54, 1.807) is 0 Å². The molecule has 16 heavy (non-hydrogen) atoms. The van der Waals surface area contributed by atoms with E-state index in [1.807, 2.05) is 0 Å². The Balaban J connectivity index is 2.18. The van der Waals surface area contributed by atoms with Crippen molar-refractivity contribution in [1.82, 2.24) is 5.32 Å². The fraction of sp³-hybridized carbons (Fsp3) is 0.923. The first kappa shape index (κ1) is 11.9. The number of aliphatic hydroxyl groups is 1. The molecule has 0 amide bonds. The van der Waals surface area contributed by atoms with Crippen LogP contribution in [0.15, 0.2) is 0 Å². The van der Waals surface area contributed by atoms with Gasteiger partial charge in [0.2, 0.25) is 0 Å². The molecule has 90 valence electrons. The van der Waals surface area contributed by atoms with Crippen LogP contribution in [-0.4, -0.2) is 23.8 Å². The topological polar surface area (TPSA) is 56.0 Å². The summed E-state index contributed by atoms with van der Waals surface area (Å²) in [4.78, 5) is 0. The first-order valence-electron chi connectivity index (χ1n) is 6.50. The number of rotatable bonds is 2. The van der Waals surface area contributed by atoms with Crippen molar-refractivity contribution in [3.8, 4) is 6.07 Å². The maximum absolute atomic E-state index is 10.7. The standard InChI is InChI=1S/C13H22N2O/c1-2-11-4-6-12(8-11,9-14)13(16)5-3-7-15-10-13/h11,15-16H,2-8,10H2,1H3. The molecule has 1 saturated carbocycles. The van der Waals surface area contributed by atoms with Gasteiger partial charge >= 0.3 is 0 Å². The minimum Gasteiger partial charge on any atom is -0.387 e. The van der Waals surface area contributed by atoms with Gasteiger partial charge in [0.15, 0.2) is 0 Å². The number of piperidine rings is 1. The Hall–Kier alpha value is -0.590. The van der Waals surface area contributed by atoms with Crippen molar-refractivity contribution in [2.45, 2.75) is 51.0 Å². The van der Waals surface area contributed by atoms with E-state index in [9.17, 15) is 10.4 Å². The molecule has 3 atom stereocenters. The van der Waals surface area contributed by atoms with E-state index in [0.717, 1.165) is 45.1 Å². The number of nitrogens with one attached hydrogen (secondary N) is 1. The van der Waals surface area contributed by atoms with Crippen molar-refractivity contribution in [3.63, 3.8) is 0 Å². The predicted molar refractivity (Wildman–Crippen MR) is 62.7 cm³/mol. The van der Waals surface area contributed by atoms with Gasteiger partial charge in [0.1, 0.15) is 0 Å². The molecule has 3 nitrogen and oxygen atoms in total. The monoisotopic (exact) mass is 222 g/mol. The lowest BCUT2D eigenvalue weighted by Gasteiger charge is -2.43. The lowest BCUT2D eigenvalue weighted by Crippen LogP contribution is -2.56. The van der Waals surface area contributed by atoms with Gasteiger partial charge in [-0.1, -0.05) is 13.3 Å². The minimum atomic E-state index is -0.788. The molecular weight excluding hydrogens is 200 g/mol. The molecule has 2 fully saturated rings. The molecule has 0 bridgehead atoms. The highest BCUT2D eigenvalue weighted by atomic mass is 16.3. The van der Waals surface area contributed by atoms with Crippen LogP contribution in [-0.2, 0) is 0 Å². The van der Waals surface area contributed by atoms with Crippen LogP contribution in [0.3, 0.4) is 0 Å². The minimum absolute atomic E-state index is 0.485. The van der Waals surface area contributed by atoms with Crippen LogP contribution in [0.1, 0.15) is 45.4 Å². The van der Waals surface area contributed by atoms with Gasteiger partial charge in [0, 0.05) is 6.54 Å². The van der Waals surface area contributed by atoms with Gasteiger partial charge in [-0.2, -0.15) is 5.26 Å². The Morgan fingerprint density at radius 1 is 1.50 bits per heavy atom. The first-order valence-corrected chi connectivity index (χ1v) is 6.50. The second-order valence-corrected chi connectivity index (χ2v) is 5.52. The zero-order chi connectivity index (χ0) is 11.6. The van der Waals surface area contributed by atoms with Crippen LogP contribution in [0, 0.1) is 22.7 Å². The van der Waals surface area contributed by atoms with Crippen molar-refractivity contribution in [2.75, 3.05) is 13.1 Å². The van der Waals surface area contributed by atoms with E-state index < -0.39 is 11.0 Å². The van der Waals surface area contributed by atoms with E-state index in [4.69, 9.17) is 0 Å². The Bertz CT molecular complexity index is 291. The highest BCUT2D eigenvalue weighted by Crippen LogP contribution is 2.51. The van der Waals surface area contributed by atoms with Crippen LogP contribution in [0.4, 0.5) is 0 Å². The molecule has 0 aromatic rings. The summed E-state index contributed by atoms with van der Waals surface area (Å²) in [5.41, 5.74) is -1.27. The summed E-state index contributed by atoms with van der Waals surface area (Å²) in [6.45, 7) is 3.75. The van der Waals surface area contributed by atoms with Gasteiger partial charge in [-0.3, -0.25) is 0 Å². The molecule has 2 aliphatic rings. The summed E-state index contributed by atoms with van der Waals surface area (Å²) < 4.78 is 0. The second kappa shape index (κ2) is 4.35. The summed E-state index contributed by atoms with van der Waals surface area (Å²) in [6.07, 6.45) is 5.76. The van der Waals surface area contributed by atoms with E-state index >= 15 is 0 Å². The van der Waals surface area contributed by atoms with Gasteiger partial charge in [-0.25, -0.2) is 0 Å². The molecular formula is C13H22N2O. The number of hydrogen-bond donors (Lipinski definition) is 2. The number of nitrogens with zero attached hydrogens (tertiary/aromatic N) is 1. The van der Waals surface area contributed by atoms with Gasteiger partial charge in [-0.15, -0.1) is 0 Å². The molecule has 1 heterocycles. The van der Waals surface area contributed by atoms with Crippen molar-refractivity contribution < 1.29 is 5.11 Å². The Morgan fingerprint density at radius 3 is 2.81 bits per heavy atom. The SMILES string of the molecule is CCC1CCC(C#N)(C2(O)CCCNC2)C1. The molecule has 3 unspecified atom stereocenters. The Labute approximate surface area is 97.8 Å². The third kappa shape index (κ3) is 1.74. The predicted octanol–water partition coefficient (Wildman–Crippen LogP) is 1.82. The van der Waals surface area contributed by atoms with Crippen molar-refractivity contribution >= 4 is 0 Å². The van der Waals surface area contributed by atoms with Crippen LogP contribution in [0.5, 0.6) is 0 Å². The van der Waals surface area contributed by atoms with Crippen molar-refractivity contribution in [3.05, 3.63) is 0 Å². The third-order valence-corrected chi connectivity index (χ3v) is 4.66. The molecule has 0 aromatic carbocycles. The zero-order valence-electron chi connectivity index (χ0n) is 10.1. The third-order valence-electron chi connectivity index (χ3n) is 4.66. The summed E-state index contributed by atoms with van der Waals surface area (Å²) in [5.74, 6) is 0.630. The van der Waals surface area contributed by atoms with Gasteiger partial charge in [0.25, 0.3) is 0 Å². The van der Waals surface area contributed by atoms with E-state index in [2.05, 4.69) is 18.3 Å². The summed E-state index contributed by atoms with van der Waals surface area (Å²) in [7, 11) is 0. The van der Waals surface area contributed by atoms with Gasteiger partial charge in [-0.05, 0) is 44.6 Å². The van der Waals surface area contributed by atoms with Crippen molar-refractivity contribution in [2.24, 2.45) is 11.3 Å². The second-order valence-electron chi connectivity index (χ2n) is 5.52. The number of hydrogen-bond acceptors (Lipinski definition) is 3. The molecule has 2 rings (SSSR count). The maximum Gasteiger partial charge on any atom is 0.0957 e. The Kier molecular flexibility index (Phi) is 3.23. The molecule has 0 spiro atoms. The maximum atomic E-state index is 10.7. The fourth-order valence-electron chi connectivity index (χ4n) is 3.42. The smallest absolute Gasteiger partial charge is 0.0957 e. The molecule has 1 saturated heterocycles. The van der Waals surface area contributed by atoms with E-state index in [0.29, 0.717) is 12.5 Å². The first-order chi connectivity index (χ1) is 7.66. The summed E-state index contributed by atoms with van der Waals surface area (Å²) in [5, 5.41) is 23.5. The highest BCUT2D eigenvalue weighted by Gasteiger charge is 2.54. The van der Waals surface area contributed by atoms with Gasteiger partial charge < -0.3 is 10.4 Å². The number of nitriles is 1. The van der Waals surface area contributed by atoms with Crippen LogP contribution >= 0.6 is 0 Å². The quantitative estimate of drug-likeness (QED) is 0.749. The van der Waals surface area contributed by atoms with E-state index in [1.165, 1.54) is 0 Å². The van der Waals surface area contributed by atoms with Crippen LogP contribution in [0.2, 0.25) is 0 Å². The molecule has 1 aliphatic carbocycles. The van der Waals surface area contributed by atoms with Crippen LogP contribution in [0.25, 0.3) is 0 Å². The highest BCUT2D eigenvalue weighted by molar-refractivity contribution is 5.16. The molecule has 3 heteroatoms. The average molecular weight is 222 g/mol. The Morgan fingerprint density at radius 2 is 2.31 bits per heavy atom. The van der Waals surface area contributed by atoms with Crippen LogP contribution < -0.4 is 5.32 Å². The molecule has 1 aliphatic heterocycles. The summed E-state index contributed by atoms with van der Waals surface area (Å²) >= 11 is 0. The largest absolute Gasteiger partial charge is 0.387 e. The summed E-state index contributed by atoms with van der Waals surface area (Å²) in [6, 6.07) is 2.46.